The normalized spacial score (nSPS) is 19.5. The second-order valence-corrected chi connectivity index (χ2v) is 6.14. The van der Waals surface area contributed by atoms with Gasteiger partial charge in [0.2, 0.25) is 5.91 Å². The highest BCUT2D eigenvalue weighted by Crippen LogP contribution is 2.27. The largest absolute Gasteiger partial charge is 0.396 e. The maximum Gasteiger partial charge on any atom is 0.225 e. The second-order valence-electron chi connectivity index (χ2n) is 5.25. The van der Waals surface area contributed by atoms with Crippen molar-refractivity contribution in [2.24, 2.45) is 0 Å². The van der Waals surface area contributed by atoms with Gasteiger partial charge in [0.25, 0.3) is 0 Å². The Morgan fingerprint density at radius 3 is 3.05 bits per heavy atom. The summed E-state index contributed by atoms with van der Waals surface area (Å²) in [6.45, 7) is 1.64. The van der Waals surface area contributed by atoms with Crippen LogP contribution in [0.25, 0.3) is 10.2 Å². The summed E-state index contributed by atoms with van der Waals surface area (Å²) in [5, 5.41) is 22.0. The number of rotatable bonds is 3. The number of aliphatic hydroxyl groups excluding tert-OH is 2. The van der Waals surface area contributed by atoms with E-state index in [0.29, 0.717) is 19.6 Å². The Labute approximate surface area is 131 Å². The molecule has 1 saturated heterocycles. The molecule has 2 N–H and O–H groups in total. The smallest absolute Gasteiger partial charge is 0.225 e. The number of aromatic nitrogens is 2. The van der Waals surface area contributed by atoms with Crippen LogP contribution in [-0.4, -0.2) is 69.9 Å². The van der Waals surface area contributed by atoms with Crippen molar-refractivity contribution < 1.29 is 15.0 Å². The lowest BCUT2D eigenvalue weighted by molar-refractivity contribution is -0.132. The number of fused-ring (bicyclic) bond motifs is 1. The third kappa shape index (κ3) is 3.03. The van der Waals surface area contributed by atoms with Crippen LogP contribution in [0.2, 0.25) is 0 Å². The Hall–Kier alpha value is -1.77. The zero-order valence-electron chi connectivity index (χ0n) is 12.1. The molecular formula is C14H18N4O3S. The molecule has 1 aliphatic heterocycles. The van der Waals surface area contributed by atoms with Gasteiger partial charge in [-0.3, -0.25) is 4.79 Å². The van der Waals surface area contributed by atoms with Crippen molar-refractivity contribution in [3.05, 3.63) is 17.8 Å². The lowest BCUT2D eigenvalue weighted by Gasteiger charge is -2.23. The molecule has 22 heavy (non-hydrogen) atoms. The van der Waals surface area contributed by atoms with Gasteiger partial charge in [0.1, 0.15) is 17.0 Å². The zero-order valence-corrected chi connectivity index (χ0v) is 12.9. The fourth-order valence-corrected chi connectivity index (χ4v) is 3.42. The van der Waals surface area contributed by atoms with E-state index in [1.54, 1.807) is 16.2 Å². The van der Waals surface area contributed by atoms with Crippen molar-refractivity contribution in [3.63, 3.8) is 0 Å². The summed E-state index contributed by atoms with van der Waals surface area (Å²) in [6, 6.07) is 1.97. The maximum absolute atomic E-state index is 11.9. The number of aliphatic hydroxyl groups is 2. The van der Waals surface area contributed by atoms with Crippen molar-refractivity contribution >= 4 is 33.3 Å². The fraction of sp³-hybridized carbons (Fsp3) is 0.500. The van der Waals surface area contributed by atoms with Crippen LogP contribution in [0.4, 0.5) is 5.82 Å². The molecule has 1 fully saturated rings. The molecule has 0 bridgehead atoms. The minimum Gasteiger partial charge on any atom is -0.396 e. The highest BCUT2D eigenvalue weighted by Gasteiger charge is 2.25. The Morgan fingerprint density at radius 2 is 2.23 bits per heavy atom. The molecule has 1 amide bonds. The Morgan fingerprint density at radius 1 is 1.36 bits per heavy atom. The molecule has 1 atom stereocenters. The summed E-state index contributed by atoms with van der Waals surface area (Å²) in [5.41, 5.74) is 0. The molecule has 118 valence electrons. The van der Waals surface area contributed by atoms with Crippen LogP contribution in [0.5, 0.6) is 0 Å². The van der Waals surface area contributed by atoms with Crippen molar-refractivity contribution in [2.75, 3.05) is 37.7 Å². The minimum atomic E-state index is -0.645. The Bertz CT molecular complexity index is 662. The Balaban J connectivity index is 1.81. The van der Waals surface area contributed by atoms with E-state index in [1.807, 2.05) is 16.3 Å². The van der Waals surface area contributed by atoms with Gasteiger partial charge in [-0.2, -0.15) is 0 Å². The van der Waals surface area contributed by atoms with Gasteiger partial charge in [-0.05, 0) is 11.4 Å². The standard InChI is InChI=1S/C14H18N4O3S/c19-5-1-12(21)17-3-4-18(8-10(20)7-17)13-11-2-6-22-14(11)16-9-15-13/h2,6,9-10,19-20H,1,3-5,7-8H2/t10-/m0/s1. The summed E-state index contributed by atoms with van der Waals surface area (Å²) < 4.78 is 0. The van der Waals surface area contributed by atoms with Crippen LogP contribution in [0.15, 0.2) is 17.8 Å². The van der Waals surface area contributed by atoms with E-state index in [0.717, 1.165) is 16.0 Å². The average Bonchev–Trinajstić information content (AvgIpc) is 2.90. The summed E-state index contributed by atoms with van der Waals surface area (Å²) >= 11 is 1.55. The van der Waals surface area contributed by atoms with Gasteiger partial charge in [0, 0.05) is 32.6 Å². The molecule has 8 heteroatoms. The number of carbonyl (C=O) groups is 1. The topological polar surface area (TPSA) is 89.8 Å². The summed E-state index contributed by atoms with van der Waals surface area (Å²) in [7, 11) is 0. The first kappa shape index (κ1) is 15.1. The molecule has 2 aromatic heterocycles. The first-order valence-electron chi connectivity index (χ1n) is 7.19. The van der Waals surface area contributed by atoms with Crippen LogP contribution < -0.4 is 4.90 Å². The van der Waals surface area contributed by atoms with E-state index in [-0.39, 0.29) is 25.5 Å². The number of hydrogen-bond acceptors (Lipinski definition) is 7. The van der Waals surface area contributed by atoms with Crippen LogP contribution >= 0.6 is 11.3 Å². The zero-order chi connectivity index (χ0) is 15.5. The van der Waals surface area contributed by atoms with E-state index in [2.05, 4.69) is 9.97 Å². The first-order chi connectivity index (χ1) is 10.7. The second kappa shape index (κ2) is 6.55. The van der Waals surface area contributed by atoms with Crippen LogP contribution in [0, 0.1) is 0 Å². The van der Waals surface area contributed by atoms with Crippen molar-refractivity contribution in [3.8, 4) is 0 Å². The summed E-state index contributed by atoms with van der Waals surface area (Å²) in [5.74, 6) is 0.661. The van der Waals surface area contributed by atoms with Crippen LogP contribution in [0.1, 0.15) is 6.42 Å². The molecule has 0 saturated carbocycles. The van der Waals surface area contributed by atoms with E-state index in [9.17, 15) is 9.90 Å². The van der Waals surface area contributed by atoms with Gasteiger partial charge in [0.05, 0.1) is 18.1 Å². The first-order valence-corrected chi connectivity index (χ1v) is 8.07. The van der Waals surface area contributed by atoms with Crippen molar-refractivity contribution in [1.82, 2.24) is 14.9 Å². The van der Waals surface area contributed by atoms with Gasteiger partial charge in [0.15, 0.2) is 0 Å². The predicted octanol–water partition coefficient (Wildman–Crippen LogP) is 0.0832. The summed E-state index contributed by atoms with van der Waals surface area (Å²) in [4.78, 5) is 25.0. The molecule has 1 aliphatic rings. The van der Waals surface area contributed by atoms with E-state index in [4.69, 9.17) is 5.11 Å². The van der Waals surface area contributed by atoms with Crippen LogP contribution in [0.3, 0.4) is 0 Å². The van der Waals surface area contributed by atoms with E-state index >= 15 is 0 Å². The van der Waals surface area contributed by atoms with Crippen molar-refractivity contribution in [2.45, 2.75) is 12.5 Å². The van der Waals surface area contributed by atoms with E-state index in [1.165, 1.54) is 6.33 Å². The predicted molar refractivity (Wildman–Crippen MR) is 83.9 cm³/mol. The molecule has 0 radical (unpaired) electrons. The molecule has 0 aromatic carbocycles. The number of thiophene rings is 1. The minimum absolute atomic E-state index is 0.0923. The highest BCUT2D eigenvalue weighted by atomic mass is 32.1. The number of anilines is 1. The maximum atomic E-state index is 11.9. The van der Waals surface area contributed by atoms with Gasteiger partial charge in [-0.1, -0.05) is 0 Å². The molecule has 2 aromatic rings. The monoisotopic (exact) mass is 322 g/mol. The van der Waals surface area contributed by atoms with Gasteiger partial charge in [-0.25, -0.2) is 9.97 Å². The molecule has 0 unspecified atom stereocenters. The molecule has 3 heterocycles. The molecular weight excluding hydrogens is 304 g/mol. The number of hydrogen-bond donors (Lipinski definition) is 2. The number of amides is 1. The number of carbonyl (C=O) groups excluding carboxylic acids is 1. The van der Waals surface area contributed by atoms with Gasteiger partial charge < -0.3 is 20.0 Å². The SMILES string of the molecule is O=C(CCO)N1CCN(c2ncnc3sccc23)C[C@@H](O)C1. The fourth-order valence-electron chi connectivity index (χ4n) is 2.69. The van der Waals surface area contributed by atoms with Gasteiger partial charge in [-0.15, -0.1) is 11.3 Å². The third-order valence-electron chi connectivity index (χ3n) is 3.72. The Kier molecular flexibility index (Phi) is 4.51. The average molecular weight is 322 g/mol. The number of nitrogens with zero attached hydrogens (tertiary/aromatic N) is 4. The number of β-amino-alcohol motifs (C(OH)–C–C–N with tert-alkyl or cyclic N) is 1. The lowest BCUT2D eigenvalue weighted by Crippen LogP contribution is -2.37. The molecule has 3 rings (SSSR count). The molecule has 0 aliphatic carbocycles. The molecule has 7 nitrogen and oxygen atoms in total. The van der Waals surface area contributed by atoms with E-state index < -0.39 is 6.10 Å². The quantitative estimate of drug-likeness (QED) is 0.832. The summed E-state index contributed by atoms with van der Waals surface area (Å²) in [6.07, 6.45) is 0.976. The third-order valence-corrected chi connectivity index (χ3v) is 4.54. The van der Waals surface area contributed by atoms with Crippen LogP contribution in [-0.2, 0) is 4.79 Å². The van der Waals surface area contributed by atoms with Gasteiger partial charge >= 0.3 is 0 Å². The lowest BCUT2D eigenvalue weighted by atomic mass is 10.3. The van der Waals surface area contributed by atoms with Crippen molar-refractivity contribution in [1.29, 1.82) is 0 Å². The molecule has 0 spiro atoms. The highest BCUT2D eigenvalue weighted by molar-refractivity contribution is 7.16.